The van der Waals surface area contributed by atoms with E-state index in [1.54, 1.807) is 30.3 Å². The van der Waals surface area contributed by atoms with Gasteiger partial charge in [-0.25, -0.2) is 13.6 Å². The lowest BCUT2D eigenvalue weighted by molar-refractivity contribution is 0.324. The average molecular weight is 479 g/mol. The minimum Gasteiger partial charge on any atom is -0.494 e. The molecule has 1 unspecified atom stereocenters. The van der Waals surface area contributed by atoms with Gasteiger partial charge in [-0.15, -0.1) is 0 Å². The van der Waals surface area contributed by atoms with Gasteiger partial charge in [-0.1, -0.05) is 6.07 Å². The van der Waals surface area contributed by atoms with E-state index in [1.807, 2.05) is 0 Å². The molecule has 0 aliphatic heterocycles. The highest BCUT2D eigenvalue weighted by atomic mass is 32.2. The minimum atomic E-state index is -2.39. The van der Waals surface area contributed by atoms with Crippen molar-refractivity contribution in [3.05, 3.63) is 42.3 Å². The molecule has 0 saturated carbocycles. The van der Waals surface area contributed by atoms with Crippen molar-refractivity contribution < 1.29 is 32.1 Å². The number of methoxy groups -OCH3 is 4. The number of benzene rings is 2. The summed E-state index contributed by atoms with van der Waals surface area (Å²) in [5, 5.41) is 5.74. The smallest absolute Gasteiger partial charge is 0.259 e. The number of hydrogen-bond acceptors (Lipinski definition) is 9. The largest absolute Gasteiger partial charge is 0.494 e. The van der Waals surface area contributed by atoms with Gasteiger partial charge in [-0.2, -0.15) is 4.98 Å². The molecule has 0 radical (unpaired) electrons. The van der Waals surface area contributed by atoms with Gasteiger partial charge in [0.1, 0.15) is 11.4 Å². The summed E-state index contributed by atoms with van der Waals surface area (Å²) in [7, 11) is 5.85. The van der Waals surface area contributed by atoms with Crippen LogP contribution in [0.25, 0.3) is 0 Å². The van der Waals surface area contributed by atoms with E-state index in [9.17, 15) is 13.2 Å². The number of nitrogens with zero attached hydrogens (tertiary/aromatic N) is 2. The first-order valence-electron chi connectivity index (χ1n) is 9.31. The van der Waals surface area contributed by atoms with E-state index >= 15 is 0 Å². The van der Waals surface area contributed by atoms with E-state index in [0.29, 0.717) is 22.9 Å². The Morgan fingerprint density at radius 2 is 1.64 bits per heavy atom. The van der Waals surface area contributed by atoms with Crippen molar-refractivity contribution in [2.75, 3.05) is 43.8 Å². The number of aromatic nitrogens is 2. The molecule has 3 aromatic rings. The lowest BCUT2D eigenvalue weighted by atomic mass is 10.2. The molecule has 4 N–H and O–H groups in total. The van der Waals surface area contributed by atoms with Gasteiger partial charge < -0.3 is 29.6 Å². The maximum absolute atomic E-state index is 14.5. The average Bonchev–Trinajstić information content (AvgIpc) is 2.81. The quantitative estimate of drug-likeness (QED) is 0.319. The second kappa shape index (κ2) is 10.7. The second-order valence-electron chi connectivity index (χ2n) is 6.29. The second-order valence-corrected chi connectivity index (χ2v) is 6.99. The summed E-state index contributed by atoms with van der Waals surface area (Å²) in [6.45, 7) is 0. The van der Waals surface area contributed by atoms with Crippen LogP contribution in [0.15, 0.2) is 36.5 Å². The van der Waals surface area contributed by atoms with E-state index in [0.717, 1.165) is 6.20 Å². The number of para-hydroxylation sites is 1. The Hall–Kier alpha value is -3.84. The van der Waals surface area contributed by atoms with Crippen molar-refractivity contribution in [3.8, 4) is 23.0 Å². The van der Waals surface area contributed by atoms with Gasteiger partial charge in [0.15, 0.2) is 23.1 Å². The fraction of sp³-hybridized carbons (Fsp3) is 0.200. The van der Waals surface area contributed by atoms with Crippen LogP contribution in [0, 0.1) is 5.82 Å². The summed E-state index contributed by atoms with van der Waals surface area (Å²) >= 11 is -2.39. The van der Waals surface area contributed by atoms with Crippen LogP contribution in [0.3, 0.4) is 0 Å². The molecule has 0 saturated heterocycles. The first kappa shape index (κ1) is 23.8. The van der Waals surface area contributed by atoms with Crippen LogP contribution in [-0.4, -0.2) is 47.2 Å². The van der Waals surface area contributed by atoms with Crippen LogP contribution >= 0.6 is 0 Å². The predicted octanol–water partition coefficient (Wildman–Crippen LogP) is 3.69. The summed E-state index contributed by atoms with van der Waals surface area (Å²) in [5.41, 5.74) is 0.910. The van der Waals surface area contributed by atoms with Crippen LogP contribution in [0.2, 0.25) is 0 Å². The van der Waals surface area contributed by atoms with Gasteiger partial charge in [-0.05, 0) is 12.1 Å². The van der Waals surface area contributed by atoms with Crippen molar-refractivity contribution in [2.45, 2.75) is 0 Å². The Bertz CT molecular complexity index is 1140. The van der Waals surface area contributed by atoms with Crippen LogP contribution < -0.4 is 34.3 Å². The third-order valence-corrected chi connectivity index (χ3v) is 4.73. The zero-order valence-corrected chi connectivity index (χ0v) is 18.9. The lowest BCUT2D eigenvalue weighted by Gasteiger charge is -2.16. The molecule has 3 rings (SSSR count). The molecule has 0 spiro atoms. The number of nitrogens with one attached hydrogen (secondary N) is 3. The monoisotopic (exact) mass is 479 g/mol. The first-order chi connectivity index (χ1) is 15.9. The number of halogens is 1. The fourth-order valence-corrected chi connectivity index (χ4v) is 3.31. The van der Waals surface area contributed by atoms with Crippen LogP contribution in [-0.2, 0) is 11.3 Å². The zero-order chi connectivity index (χ0) is 24.0. The minimum absolute atomic E-state index is 0.0660. The zero-order valence-electron chi connectivity index (χ0n) is 18.1. The van der Waals surface area contributed by atoms with E-state index in [4.69, 9.17) is 18.9 Å². The van der Waals surface area contributed by atoms with Crippen molar-refractivity contribution >= 4 is 40.1 Å². The standard InChI is InChI=1S/C20H22FN5O6S/c1-29-14-7-5-6-13(17(14)26-33(27)28)24-19-12(21)10-22-20(25-19)23-11-8-15(30-2)18(32-4)16(9-11)31-3/h5-10,26H,1-4H3,(H,27,28)(H2,22,23,24,25). The number of rotatable bonds is 10. The molecule has 2 aromatic carbocycles. The van der Waals surface area contributed by atoms with E-state index in [-0.39, 0.29) is 28.9 Å². The Morgan fingerprint density at radius 1 is 0.970 bits per heavy atom. The molecule has 0 amide bonds. The third-order valence-electron chi connectivity index (χ3n) is 4.35. The topological polar surface area (TPSA) is 136 Å². The Labute approximate surface area is 191 Å². The Kier molecular flexibility index (Phi) is 7.69. The van der Waals surface area contributed by atoms with E-state index < -0.39 is 17.1 Å². The normalized spacial score (nSPS) is 11.3. The Morgan fingerprint density at radius 3 is 2.21 bits per heavy atom. The fourth-order valence-electron chi connectivity index (χ4n) is 2.92. The molecule has 1 heterocycles. The van der Waals surface area contributed by atoms with Crippen LogP contribution in [0.4, 0.5) is 33.2 Å². The maximum Gasteiger partial charge on any atom is 0.259 e. The molecule has 0 aliphatic carbocycles. The summed E-state index contributed by atoms with van der Waals surface area (Å²) in [4.78, 5) is 8.12. The van der Waals surface area contributed by atoms with Crippen LogP contribution in [0.5, 0.6) is 23.0 Å². The van der Waals surface area contributed by atoms with Gasteiger partial charge in [-0.3, -0.25) is 9.27 Å². The molecule has 0 fully saturated rings. The van der Waals surface area contributed by atoms with Crippen molar-refractivity contribution in [1.82, 2.24) is 9.97 Å². The lowest BCUT2D eigenvalue weighted by Crippen LogP contribution is -2.08. The van der Waals surface area contributed by atoms with Gasteiger partial charge in [0.25, 0.3) is 11.3 Å². The van der Waals surface area contributed by atoms with E-state index in [2.05, 4.69) is 25.3 Å². The van der Waals surface area contributed by atoms with Gasteiger partial charge in [0, 0.05) is 17.8 Å². The molecule has 0 bridgehead atoms. The number of hydrogen-bond donors (Lipinski definition) is 4. The highest BCUT2D eigenvalue weighted by molar-refractivity contribution is 7.80. The van der Waals surface area contributed by atoms with Crippen molar-refractivity contribution in [2.24, 2.45) is 0 Å². The molecule has 0 aliphatic rings. The summed E-state index contributed by atoms with van der Waals surface area (Å²) in [5.74, 6) is 0.633. The van der Waals surface area contributed by atoms with Gasteiger partial charge in [0.05, 0.1) is 40.3 Å². The van der Waals surface area contributed by atoms with Crippen molar-refractivity contribution in [1.29, 1.82) is 0 Å². The molecule has 13 heteroatoms. The Balaban J connectivity index is 1.94. The molecular formula is C20H22FN5O6S. The summed E-state index contributed by atoms with van der Waals surface area (Å²) < 4.78 is 58.5. The van der Waals surface area contributed by atoms with Gasteiger partial charge >= 0.3 is 0 Å². The molecule has 1 atom stereocenters. The predicted molar refractivity (Wildman–Crippen MR) is 122 cm³/mol. The first-order valence-corrected chi connectivity index (χ1v) is 10.4. The molecule has 33 heavy (non-hydrogen) atoms. The van der Waals surface area contributed by atoms with Crippen LogP contribution in [0.1, 0.15) is 0 Å². The highest BCUT2D eigenvalue weighted by Gasteiger charge is 2.16. The molecule has 176 valence electrons. The summed E-state index contributed by atoms with van der Waals surface area (Å²) in [6, 6.07) is 8.05. The van der Waals surface area contributed by atoms with Crippen molar-refractivity contribution in [3.63, 3.8) is 0 Å². The molecule has 1 aromatic heterocycles. The number of anilines is 5. The molecular weight excluding hydrogens is 457 g/mol. The van der Waals surface area contributed by atoms with Gasteiger partial charge in [0.2, 0.25) is 11.7 Å². The highest BCUT2D eigenvalue weighted by Crippen LogP contribution is 2.40. The van der Waals surface area contributed by atoms with E-state index in [1.165, 1.54) is 28.4 Å². The maximum atomic E-state index is 14.5. The number of ether oxygens (including phenoxy) is 4. The molecule has 11 nitrogen and oxygen atoms in total. The SMILES string of the molecule is COc1cccc(Nc2nc(Nc3cc(OC)c(OC)c(OC)c3)ncc2F)c1NS(=O)O. The summed E-state index contributed by atoms with van der Waals surface area (Å²) in [6.07, 6.45) is 0.979. The third kappa shape index (κ3) is 5.51.